The number of nitro groups is 1. The van der Waals surface area contributed by atoms with Crippen LogP contribution in [0.1, 0.15) is 12.5 Å². The van der Waals surface area contributed by atoms with Gasteiger partial charge in [0.25, 0.3) is 11.6 Å². The monoisotopic (exact) mass is 264 g/mol. The van der Waals surface area contributed by atoms with Crippen LogP contribution in [-0.4, -0.2) is 22.6 Å². The van der Waals surface area contributed by atoms with Crippen molar-refractivity contribution in [2.45, 2.75) is 18.4 Å². The Kier molecular flexibility index (Phi) is 3.63. The number of nitrogens with zero attached hydrogens (tertiary/aromatic N) is 1. The SMILES string of the molecule is C[C@](N)(c1cc([N+](=O)[O-])ccc1F)C(F)(F)CO. The number of non-ortho nitro benzene ring substituents is 1. The highest BCUT2D eigenvalue weighted by Gasteiger charge is 2.49. The number of aliphatic hydroxyl groups excluding tert-OH is 1. The van der Waals surface area contributed by atoms with Crippen molar-refractivity contribution in [1.82, 2.24) is 0 Å². The second-order valence-electron chi connectivity index (χ2n) is 3.99. The van der Waals surface area contributed by atoms with Crippen molar-refractivity contribution < 1.29 is 23.2 Å². The third kappa shape index (κ3) is 2.29. The van der Waals surface area contributed by atoms with Gasteiger partial charge in [0.05, 0.1) is 4.92 Å². The molecule has 0 unspecified atom stereocenters. The lowest BCUT2D eigenvalue weighted by molar-refractivity contribution is -0.385. The summed E-state index contributed by atoms with van der Waals surface area (Å²) < 4.78 is 40.3. The highest BCUT2D eigenvalue weighted by molar-refractivity contribution is 5.39. The van der Waals surface area contributed by atoms with Gasteiger partial charge in [0, 0.05) is 17.7 Å². The van der Waals surface area contributed by atoms with E-state index in [-0.39, 0.29) is 0 Å². The molecule has 0 spiro atoms. The first-order valence-corrected chi connectivity index (χ1v) is 4.85. The lowest BCUT2D eigenvalue weighted by atomic mass is 9.86. The Morgan fingerprint density at radius 3 is 2.50 bits per heavy atom. The second-order valence-corrected chi connectivity index (χ2v) is 3.99. The third-order valence-corrected chi connectivity index (χ3v) is 2.68. The minimum atomic E-state index is -3.82. The van der Waals surface area contributed by atoms with E-state index in [1.807, 2.05) is 0 Å². The first kappa shape index (κ1) is 14.4. The van der Waals surface area contributed by atoms with Gasteiger partial charge in [0.1, 0.15) is 18.0 Å². The summed E-state index contributed by atoms with van der Waals surface area (Å²) in [6, 6.07) is 2.16. The highest BCUT2D eigenvalue weighted by atomic mass is 19.3. The van der Waals surface area contributed by atoms with Crippen molar-refractivity contribution in [3.63, 3.8) is 0 Å². The van der Waals surface area contributed by atoms with Gasteiger partial charge in [-0.3, -0.25) is 10.1 Å². The topological polar surface area (TPSA) is 89.4 Å². The molecule has 0 bridgehead atoms. The molecule has 0 amide bonds. The highest BCUT2D eigenvalue weighted by Crippen LogP contribution is 2.37. The van der Waals surface area contributed by atoms with Gasteiger partial charge < -0.3 is 10.8 Å². The van der Waals surface area contributed by atoms with Crippen LogP contribution in [0.15, 0.2) is 18.2 Å². The van der Waals surface area contributed by atoms with Gasteiger partial charge in [-0.1, -0.05) is 0 Å². The first-order valence-electron chi connectivity index (χ1n) is 4.85. The molecule has 0 saturated heterocycles. The minimum absolute atomic E-state index is 0.559. The van der Waals surface area contributed by atoms with Crippen LogP contribution in [0, 0.1) is 15.9 Å². The fourth-order valence-corrected chi connectivity index (χ4v) is 1.39. The molecule has 1 rings (SSSR count). The molecular weight excluding hydrogens is 253 g/mol. The summed E-state index contributed by atoms with van der Waals surface area (Å²) in [5.74, 6) is -4.91. The fourth-order valence-electron chi connectivity index (χ4n) is 1.39. The van der Waals surface area contributed by atoms with Crippen LogP contribution in [0.5, 0.6) is 0 Å². The lowest BCUT2D eigenvalue weighted by Gasteiger charge is -2.32. The third-order valence-electron chi connectivity index (χ3n) is 2.68. The number of aliphatic hydroxyl groups is 1. The zero-order chi connectivity index (χ0) is 14.1. The standard InChI is InChI=1S/C10H11F3N2O3/c1-9(14,10(12,13)5-16)7-4-6(15(17)18)2-3-8(7)11/h2-4,16H,5,14H2,1H3/t9-/m0/s1. The maximum Gasteiger partial charge on any atom is 0.292 e. The smallest absolute Gasteiger partial charge is 0.292 e. The summed E-state index contributed by atoms with van der Waals surface area (Å²) in [5.41, 5.74) is 1.48. The molecule has 1 aromatic carbocycles. The van der Waals surface area contributed by atoms with Crippen LogP contribution in [0.2, 0.25) is 0 Å². The van der Waals surface area contributed by atoms with E-state index in [0.717, 1.165) is 13.0 Å². The second kappa shape index (κ2) is 4.54. The molecule has 0 aliphatic heterocycles. The van der Waals surface area contributed by atoms with Crippen molar-refractivity contribution >= 4 is 5.69 Å². The summed E-state index contributed by atoms with van der Waals surface area (Å²) in [6.07, 6.45) is 0. The Labute approximate surface area is 100 Å². The summed E-state index contributed by atoms with van der Waals surface area (Å²) in [5, 5.41) is 19.1. The van der Waals surface area contributed by atoms with Crippen LogP contribution in [-0.2, 0) is 5.54 Å². The molecule has 0 radical (unpaired) electrons. The summed E-state index contributed by atoms with van der Waals surface area (Å²) in [4.78, 5) is 9.66. The number of hydrogen-bond acceptors (Lipinski definition) is 4. The average Bonchev–Trinajstić information content (AvgIpc) is 2.28. The molecule has 100 valence electrons. The van der Waals surface area contributed by atoms with Crippen LogP contribution >= 0.6 is 0 Å². The predicted molar refractivity (Wildman–Crippen MR) is 56.6 cm³/mol. The molecule has 8 heteroatoms. The van der Waals surface area contributed by atoms with Gasteiger partial charge >= 0.3 is 0 Å². The van der Waals surface area contributed by atoms with E-state index in [1.165, 1.54) is 0 Å². The van der Waals surface area contributed by atoms with E-state index in [0.29, 0.717) is 12.1 Å². The number of rotatable bonds is 4. The van der Waals surface area contributed by atoms with Gasteiger partial charge in [0.15, 0.2) is 0 Å². The molecule has 0 heterocycles. The Balaban J connectivity index is 3.40. The van der Waals surface area contributed by atoms with Gasteiger partial charge in [-0.2, -0.15) is 0 Å². The van der Waals surface area contributed by atoms with Crippen LogP contribution < -0.4 is 5.73 Å². The van der Waals surface area contributed by atoms with Gasteiger partial charge in [-0.15, -0.1) is 0 Å². The van der Waals surface area contributed by atoms with Crippen LogP contribution in [0.4, 0.5) is 18.9 Å². The van der Waals surface area contributed by atoms with Crippen molar-refractivity contribution in [3.8, 4) is 0 Å². The molecule has 1 aromatic rings. The van der Waals surface area contributed by atoms with E-state index >= 15 is 0 Å². The van der Waals surface area contributed by atoms with Gasteiger partial charge in [-0.05, 0) is 13.0 Å². The average molecular weight is 264 g/mol. The Morgan fingerprint density at radius 1 is 1.50 bits per heavy atom. The van der Waals surface area contributed by atoms with Crippen LogP contribution in [0.25, 0.3) is 0 Å². The number of alkyl halides is 2. The summed E-state index contributed by atoms with van der Waals surface area (Å²) in [7, 11) is 0. The quantitative estimate of drug-likeness (QED) is 0.637. The fraction of sp³-hybridized carbons (Fsp3) is 0.400. The van der Waals surface area contributed by atoms with E-state index < -0.39 is 40.1 Å². The number of benzene rings is 1. The van der Waals surface area contributed by atoms with E-state index in [1.54, 1.807) is 0 Å². The predicted octanol–water partition coefficient (Wildman–Crippen LogP) is 1.54. The van der Waals surface area contributed by atoms with E-state index in [9.17, 15) is 23.3 Å². The molecule has 5 nitrogen and oxygen atoms in total. The molecule has 18 heavy (non-hydrogen) atoms. The van der Waals surface area contributed by atoms with Gasteiger partial charge in [-0.25, -0.2) is 13.2 Å². The maximum absolute atomic E-state index is 13.5. The Morgan fingerprint density at radius 2 is 2.06 bits per heavy atom. The number of nitro benzene ring substituents is 1. The van der Waals surface area contributed by atoms with Crippen molar-refractivity contribution in [2.75, 3.05) is 6.61 Å². The summed E-state index contributed by atoms with van der Waals surface area (Å²) >= 11 is 0. The molecular formula is C10H11F3N2O3. The Bertz CT molecular complexity index is 477. The van der Waals surface area contributed by atoms with Gasteiger partial charge in [0.2, 0.25) is 0 Å². The number of halogens is 3. The number of hydrogen-bond donors (Lipinski definition) is 2. The van der Waals surface area contributed by atoms with Crippen molar-refractivity contribution in [3.05, 3.63) is 39.7 Å². The molecule has 1 atom stereocenters. The molecule has 0 saturated carbocycles. The molecule has 3 N–H and O–H groups in total. The lowest BCUT2D eigenvalue weighted by Crippen LogP contribution is -2.53. The Hall–Kier alpha value is -1.67. The zero-order valence-electron chi connectivity index (χ0n) is 9.36. The number of nitrogens with two attached hydrogens (primary N) is 1. The van der Waals surface area contributed by atoms with E-state index in [4.69, 9.17) is 10.8 Å². The maximum atomic E-state index is 13.5. The van der Waals surface area contributed by atoms with E-state index in [2.05, 4.69) is 0 Å². The minimum Gasteiger partial charge on any atom is -0.390 e. The molecule has 0 aromatic heterocycles. The first-order chi connectivity index (χ1) is 8.13. The normalized spacial score (nSPS) is 15.2. The largest absolute Gasteiger partial charge is 0.390 e. The van der Waals surface area contributed by atoms with Crippen LogP contribution in [0.3, 0.4) is 0 Å². The summed E-state index contributed by atoms with van der Waals surface area (Å²) in [6.45, 7) is -0.798. The molecule has 0 aliphatic rings. The van der Waals surface area contributed by atoms with Crippen molar-refractivity contribution in [1.29, 1.82) is 0 Å². The molecule has 0 fully saturated rings. The molecule has 0 aliphatic carbocycles. The zero-order valence-corrected chi connectivity index (χ0v) is 9.36. The van der Waals surface area contributed by atoms with Crippen molar-refractivity contribution in [2.24, 2.45) is 5.73 Å².